The van der Waals surface area contributed by atoms with Crippen LogP contribution < -0.4 is 0 Å². The molecule has 0 radical (unpaired) electrons. The van der Waals surface area contributed by atoms with Gasteiger partial charge in [-0.3, -0.25) is 4.79 Å². The molecule has 0 aromatic rings. The lowest BCUT2D eigenvalue weighted by atomic mass is 9.98. The first-order valence-corrected chi connectivity index (χ1v) is 20.3. The number of aliphatic hydroxyl groups is 7. The predicted octanol–water partition coefficient (Wildman–Crippen LogP) is 3.17. The topological polar surface area (TPSA) is 214 Å². The number of hydrogen-bond donors (Lipinski definition) is 7. The van der Waals surface area contributed by atoms with Crippen LogP contribution in [0, 0.1) is 0 Å². The Morgan fingerprint density at radius 3 is 1.70 bits per heavy atom. The molecule has 2 aliphatic heterocycles. The molecular formula is C39H72O14. The summed E-state index contributed by atoms with van der Waals surface area (Å²) in [6, 6.07) is 0. The van der Waals surface area contributed by atoms with Crippen LogP contribution in [0.25, 0.3) is 0 Å². The minimum atomic E-state index is -1.70. The lowest BCUT2D eigenvalue weighted by Crippen LogP contribution is -2.61. The number of carbonyl (C=O) groups is 1. The van der Waals surface area contributed by atoms with Gasteiger partial charge in [-0.25, -0.2) is 0 Å². The number of carbonyl (C=O) groups excluding carboxylic acids is 1. The summed E-state index contributed by atoms with van der Waals surface area (Å²) in [5.74, 6) is -0.414. The minimum Gasteiger partial charge on any atom is -0.457 e. The van der Waals surface area contributed by atoms with Gasteiger partial charge in [0.15, 0.2) is 12.6 Å². The maximum atomic E-state index is 12.4. The van der Waals surface area contributed by atoms with Crippen molar-refractivity contribution in [3.05, 3.63) is 12.2 Å². The maximum absolute atomic E-state index is 12.4. The van der Waals surface area contributed by atoms with Crippen molar-refractivity contribution in [1.82, 2.24) is 0 Å². The van der Waals surface area contributed by atoms with E-state index in [1.807, 2.05) is 6.92 Å². The first-order chi connectivity index (χ1) is 25.6. The minimum absolute atomic E-state index is 0.0562. The van der Waals surface area contributed by atoms with Gasteiger partial charge >= 0.3 is 5.97 Å². The van der Waals surface area contributed by atoms with E-state index >= 15 is 0 Å². The van der Waals surface area contributed by atoms with E-state index < -0.39 is 86.7 Å². The molecule has 0 saturated carbocycles. The van der Waals surface area contributed by atoms with E-state index in [1.54, 1.807) is 0 Å². The summed E-state index contributed by atoms with van der Waals surface area (Å²) in [6.45, 7) is 3.39. The second kappa shape index (κ2) is 29.0. The van der Waals surface area contributed by atoms with Crippen molar-refractivity contribution >= 4 is 5.97 Å². The molecule has 0 aliphatic carbocycles. The molecule has 11 atom stereocenters. The van der Waals surface area contributed by atoms with Crippen molar-refractivity contribution in [2.75, 3.05) is 33.0 Å². The Kier molecular flexibility index (Phi) is 26.2. The second-order valence-corrected chi connectivity index (χ2v) is 14.5. The molecule has 14 nitrogen and oxygen atoms in total. The Morgan fingerprint density at radius 1 is 0.604 bits per heavy atom. The fourth-order valence-corrected chi connectivity index (χ4v) is 6.31. The number of aliphatic hydroxyl groups excluding tert-OH is 7. The number of unbranched alkanes of at least 4 members (excludes halogenated alkanes) is 14. The van der Waals surface area contributed by atoms with Crippen LogP contribution in [0.15, 0.2) is 12.2 Å². The van der Waals surface area contributed by atoms with Crippen LogP contribution in [0.3, 0.4) is 0 Å². The smallest absolute Gasteiger partial charge is 0.306 e. The summed E-state index contributed by atoms with van der Waals surface area (Å²) in [5, 5.41) is 71.2. The van der Waals surface area contributed by atoms with E-state index in [9.17, 15) is 40.5 Å². The van der Waals surface area contributed by atoms with Crippen molar-refractivity contribution in [2.45, 2.75) is 197 Å². The monoisotopic (exact) mass is 764 g/mol. The average Bonchev–Trinajstić information content (AvgIpc) is 3.15. The third-order valence-corrected chi connectivity index (χ3v) is 9.77. The number of esters is 1. The molecule has 2 fully saturated rings. The van der Waals surface area contributed by atoms with Crippen LogP contribution in [0.1, 0.15) is 129 Å². The van der Waals surface area contributed by atoms with Crippen LogP contribution >= 0.6 is 0 Å². The van der Waals surface area contributed by atoms with Crippen LogP contribution in [-0.4, -0.2) is 142 Å². The molecule has 2 aliphatic rings. The number of hydrogen-bond acceptors (Lipinski definition) is 14. The number of rotatable bonds is 30. The molecule has 7 N–H and O–H groups in total. The Bertz CT molecular complexity index is 938. The molecule has 2 rings (SSSR count). The SMILES string of the molecule is CCCCCCCCC/C=C\CCCCCCCCOCC(COC1OC(COC2OC(CO)C(O)C(O)C2O)C(O)C(O)C1O)OC(=O)CCCC. The van der Waals surface area contributed by atoms with Crippen molar-refractivity contribution in [3.8, 4) is 0 Å². The zero-order valence-corrected chi connectivity index (χ0v) is 32.3. The Morgan fingerprint density at radius 2 is 1.11 bits per heavy atom. The summed E-state index contributed by atoms with van der Waals surface area (Å²) >= 11 is 0. The highest BCUT2D eigenvalue weighted by atomic mass is 16.7. The zero-order chi connectivity index (χ0) is 38.8. The molecule has 0 spiro atoms. The van der Waals surface area contributed by atoms with E-state index in [1.165, 1.54) is 70.6 Å². The van der Waals surface area contributed by atoms with Gasteiger partial charge in [0.05, 0.1) is 26.4 Å². The van der Waals surface area contributed by atoms with Crippen LogP contribution in [0.5, 0.6) is 0 Å². The van der Waals surface area contributed by atoms with Gasteiger partial charge in [-0.1, -0.05) is 96.6 Å². The van der Waals surface area contributed by atoms with Gasteiger partial charge in [0.2, 0.25) is 0 Å². The Balaban J connectivity index is 1.70. The first kappa shape index (κ1) is 47.9. The third kappa shape index (κ3) is 19.0. The Labute approximate surface area is 316 Å². The van der Waals surface area contributed by atoms with Gasteiger partial charge in [0, 0.05) is 13.0 Å². The largest absolute Gasteiger partial charge is 0.457 e. The first-order valence-electron chi connectivity index (χ1n) is 20.3. The molecule has 2 saturated heterocycles. The fraction of sp³-hybridized carbons (Fsp3) is 0.923. The van der Waals surface area contributed by atoms with Crippen LogP contribution in [-0.2, 0) is 33.2 Å². The highest BCUT2D eigenvalue weighted by Gasteiger charge is 2.47. The quantitative estimate of drug-likeness (QED) is 0.0318. The van der Waals surface area contributed by atoms with Crippen molar-refractivity contribution in [1.29, 1.82) is 0 Å². The predicted molar refractivity (Wildman–Crippen MR) is 197 cm³/mol. The molecule has 11 unspecified atom stereocenters. The van der Waals surface area contributed by atoms with Gasteiger partial charge in [0.25, 0.3) is 0 Å². The fourth-order valence-electron chi connectivity index (χ4n) is 6.31. The van der Waals surface area contributed by atoms with Crippen molar-refractivity contribution < 1.29 is 69.0 Å². The molecule has 2 heterocycles. The van der Waals surface area contributed by atoms with Crippen molar-refractivity contribution in [2.24, 2.45) is 0 Å². The zero-order valence-electron chi connectivity index (χ0n) is 32.3. The molecule has 0 aromatic carbocycles. The third-order valence-electron chi connectivity index (χ3n) is 9.77. The average molecular weight is 765 g/mol. The highest BCUT2D eigenvalue weighted by molar-refractivity contribution is 5.69. The number of ether oxygens (including phenoxy) is 6. The highest BCUT2D eigenvalue weighted by Crippen LogP contribution is 2.26. The Hall–Kier alpha value is -1.27. The molecule has 0 aromatic heterocycles. The second-order valence-electron chi connectivity index (χ2n) is 14.5. The maximum Gasteiger partial charge on any atom is 0.306 e. The van der Waals surface area contributed by atoms with E-state index in [4.69, 9.17) is 28.4 Å². The van der Waals surface area contributed by atoms with Gasteiger partial charge < -0.3 is 64.2 Å². The number of allylic oxidation sites excluding steroid dienone is 2. The van der Waals surface area contributed by atoms with Crippen LogP contribution in [0.2, 0.25) is 0 Å². The van der Waals surface area contributed by atoms with E-state index in [0.717, 1.165) is 32.1 Å². The summed E-state index contributed by atoms with van der Waals surface area (Å²) in [4.78, 5) is 12.4. The molecule has 53 heavy (non-hydrogen) atoms. The van der Waals surface area contributed by atoms with Gasteiger partial charge in [-0.05, 0) is 38.5 Å². The standard InChI is InChI=1S/C39H72O14/c1-3-5-7-8-9-10-11-12-13-14-15-16-17-18-19-20-21-23-48-25-28(51-31(41)22-6-4-2)26-49-38-37(47)35(45)33(43)30(53-38)27-50-39-36(46)34(44)32(42)29(24-40)52-39/h13-14,28-30,32-40,42-47H,3-12,15-27H2,1-2H3/b14-13-. The van der Waals surface area contributed by atoms with Gasteiger partial charge in [-0.15, -0.1) is 0 Å². The van der Waals surface area contributed by atoms with E-state index in [2.05, 4.69) is 19.1 Å². The molecule has 0 amide bonds. The van der Waals surface area contributed by atoms with E-state index in [-0.39, 0.29) is 19.6 Å². The molecule has 312 valence electrons. The van der Waals surface area contributed by atoms with Gasteiger partial charge in [0.1, 0.15) is 54.9 Å². The summed E-state index contributed by atoms with van der Waals surface area (Å²) in [6.07, 6.45) is 8.55. The van der Waals surface area contributed by atoms with Crippen molar-refractivity contribution in [3.63, 3.8) is 0 Å². The summed E-state index contributed by atoms with van der Waals surface area (Å²) < 4.78 is 33.6. The van der Waals surface area contributed by atoms with E-state index in [0.29, 0.717) is 13.0 Å². The summed E-state index contributed by atoms with van der Waals surface area (Å²) in [7, 11) is 0. The molecular weight excluding hydrogens is 692 g/mol. The lowest BCUT2D eigenvalue weighted by molar-refractivity contribution is -0.332. The van der Waals surface area contributed by atoms with Crippen LogP contribution in [0.4, 0.5) is 0 Å². The summed E-state index contributed by atoms with van der Waals surface area (Å²) in [5.41, 5.74) is 0. The normalized spacial score (nSPS) is 29.8. The molecule has 0 bridgehead atoms. The van der Waals surface area contributed by atoms with Gasteiger partial charge in [-0.2, -0.15) is 0 Å². The lowest BCUT2D eigenvalue weighted by Gasteiger charge is -2.42. The molecule has 14 heteroatoms.